The summed E-state index contributed by atoms with van der Waals surface area (Å²) in [6, 6.07) is 10.4. The lowest BCUT2D eigenvalue weighted by molar-refractivity contribution is -0.183. The summed E-state index contributed by atoms with van der Waals surface area (Å²) in [7, 11) is 0. The molecule has 0 bridgehead atoms. The van der Waals surface area contributed by atoms with Gasteiger partial charge < -0.3 is 4.74 Å². The third kappa shape index (κ3) is 5.15. The van der Waals surface area contributed by atoms with E-state index in [0.717, 1.165) is 17.5 Å². The van der Waals surface area contributed by atoms with Crippen LogP contribution in [0.4, 0.5) is 4.53 Å². The van der Waals surface area contributed by atoms with Crippen molar-refractivity contribution in [2.24, 2.45) is 0 Å². The number of aromatic nitrogens is 1. The first kappa shape index (κ1) is 17.6. The Hall–Kier alpha value is -2.76. The van der Waals surface area contributed by atoms with E-state index >= 15 is 0 Å². The standard InChI is InChI=1S/C18H18FNO4/c1-2-13-5-9-16(20-11-13)17(21)12-23-15-7-3-14(4-8-15)6-10-18(22)24-19/h3-5,7-9,11H,2,6,10,12H2,1H3. The molecule has 5 nitrogen and oxygen atoms in total. The number of pyridine rings is 1. The Balaban J connectivity index is 1.84. The lowest BCUT2D eigenvalue weighted by Gasteiger charge is -2.06. The summed E-state index contributed by atoms with van der Waals surface area (Å²) < 4.78 is 17.0. The molecule has 2 aromatic rings. The Kier molecular flexibility index (Phi) is 6.42. The fraction of sp³-hybridized carbons (Fsp3) is 0.278. The molecule has 0 N–H and O–H groups in total. The predicted molar refractivity (Wildman–Crippen MR) is 85.4 cm³/mol. The molecule has 0 saturated heterocycles. The number of ether oxygens (including phenoxy) is 1. The zero-order valence-electron chi connectivity index (χ0n) is 13.3. The SMILES string of the molecule is CCc1ccc(C(=O)COc2ccc(CCC(=O)OF)cc2)nc1. The second-order valence-electron chi connectivity index (χ2n) is 5.21. The number of rotatable bonds is 8. The van der Waals surface area contributed by atoms with Crippen LogP contribution >= 0.6 is 0 Å². The van der Waals surface area contributed by atoms with Gasteiger partial charge in [0.05, 0.1) is 6.42 Å². The van der Waals surface area contributed by atoms with Crippen molar-refractivity contribution in [3.63, 3.8) is 0 Å². The van der Waals surface area contributed by atoms with E-state index in [2.05, 4.69) is 9.93 Å². The topological polar surface area (TPSA) is 65.5 Å². The minimum Gasteiger partial charge on any atom is -0.485 e. The molecule has 1 aromatic heterocycles. The summed E-state index contributed by atoms with van der Waals surface area (Å²) in [5, 5.41) is 0. The van der Waals surface area contributed by atoms with Gasteiger partial charge in [0.2, 0.25) is 5.78 Å². The monoisotopic (exact) mass is 331 g/mol. The van der Waals surface area contributed by atoms with E-state index in [1.54, 1.807) is 36.5 Å². The zero-order valence-corrected chi connectivity index (χ0v) is 13.3. The number of hydrogen-bond donors (Lipinski definition) is 0. The largest absolute Gasteiger partial charge is 0.485 e. The van der Waals surface area contributed by atoms with Gasteiger partial charge in [-0.3, -0.25) is 14.7 Å². The molecule has 6 heteroatoms. The summed E-state index contributed by atoms with van der Waals surface area (Å²) in [5.74, 6) is -0.569. The van der Waals surface area contributed by atoms with Crippen LogP contribution in [-0.2, 0) is 22.6 Å². The lowest BCUT2D eigenvalue weighted by atomic mass is 10.1. The molecule has 0 fully saturated rings. The molecule has 0 spiro atoms. The zero-order chi connectivity index (χ0) is 17.4. The summed E-state index contributed by atoms with van der Waals surface area (Å²) in [4.78, 5) is 30.0. The van der Waals surface area contributed by atoms with Gasteiger partial charge in [-0.05, 0) is 42.2 Å². The van der Waals surface area contributed by atoms with Crippen molar-refractivity contribution < 1.29 is 23.8 Å². The molecule has 0 amide bonds. The van der Waals surface area contributed by atoms with Crippen LogP contribution in [0.5, 0.6) is 5.75 Å². The Morgan fingerprint density at radius 3 is 2.38 bits per heavy atom. The van der Waals surface area contributed by atoms with E-state index in [-0.39, 0.29) is 18.8 Å². The van der Waals surface area contributed by atoms with Crippen LogP contribution in [-0.4, -0.2) is 23.3 Å². The van der Waals surface area contributed by atoms with E-state index in [9.17, 15) is 14.1 Å². The number of hydrogen-bond acceptors (Lipinski definition) is 5. The maximum absolute atomic E-state index is 12.0. The Labute approximate surface area is 139 Å². The number of halogens is 1. The summed E-state index contributed by atoms with van der Waals surface area (Å²) >= 11 is 0. The fourth-order valence-electron chi connectivity index (χ4n) is 2.06. The Bertz CT molecular complexity index is 683. The number of nitrogens with zero attached hydrogens (tertiary/aromatic N) is 1. The molecule has 0 atom stereocenters. The van der Waals surface area contributed by atoms with E-state index in [1.165, 1.54) is 0 Å². The first-order valence-corrected chi connectivity index (χ1v) is 7.63. The second kappa shape index (κ2) is 8.76. The summed E-state index contributed by atoms with van der Waals surface area (Å²) in [5.41, 5.74) is 2.28. The minimum absolute atomic E-state index is 0.0331. The fourth-order valence-corrected chi connectivity index (χ4v) is 2.06. The highest BCUT2D eigenvalue weighted by Crippen LogP contribution is 2.14. The van der Waals surface area contributed by atoms with Crippen LogP contribution in [0.3, 0.4) is 0 Å². The van der Waals surface area contributed by atoms with Gasteiger partial charge in [0.1, 0.15) is 11.4 Å². The van der Waals surface area contributed by atoms with E-state index < -0.39 is 5.97 Å². The second-order valence-corrected chi connectivity index (χ2v) is 5.21. The lowest BCUT2D eigenvalue weighted by Crippen LogP contribution is -2.13. The molecule has 0 aliphatic rings. The number of Topliss-reactive ketones (excluding diaryl/α,β-unsaturated/α-hetero) is 1. The van der Waals surface area contributed by atoms with Gasteiger partial charge in [0.15, 0.2) is 6.61 Å². The Morgan fingerprint density at radius 1 is 1.08 bits per heavy atom. The first-order valence-electron chi connectivity index (χ1n) is 7.63. The van der Waals surface area contributed by atoms with E-state index in [0.29, 0.717) is 17.9 Å². The van der Waals surface area contributed by atoms with Crippen LogP contribution < -0.4 is 4.74 Å². The van der Waals surface area contributed by atoms with Crippen molar-refractivity contribution >= 4 is 11.8 Å². The van der Waals surface area contributed by atoms with E-state index in [1.807, 2.05) is 13.0 Å². The predicted octanol–water partition coefficient (Wildman–Crippen LogP) is 3.27. The third-order valence-corrected chi connectivity index (χ3v) is 3.52. The highest BCUT2D eigenvalue weighted by molar-refractivity contribution is 5.95. The van der Waals surface area contributed by atoms with Crippen molar-refractivity contribution in [3.05, 3.63) is 59.4 Å². The smallest absolute Gasteiger partial charge is 0.349 e. The Morgan fingerprint density at radius 2 is 1.79 bits per heavy atom. The molecule has 0 aliphatic carbocycles. The van der Waals surface area contributed by atoms with Crippen LogP contribution in [0.1, 0.15) is 35.0 Å². The van der Waals surface area contributed by atoms with Crippen molar-refractivity contribution in [2.75, 3.05) is 6.61 Å². The molecule has 24 heavy (non-hydrogen) atoms. The van der Waals surface area contributed by atoms with Gasteiger partial charge in [0, 0.05) is 10.7 Å². The summed E-state index contributed by atoms with van der Waals surface area (Å²) in [6.07, 6.45) is 2.89. The van der Waals surface area contributed by atoms with Gasteiger partial charge in [-0.1, -0.05) is 25.1 Å². The molecular weight excluding hydrogens is 313 g/mol. The molecule has 0 aliphatic heterocycles. The molecule has 0 radical (unpaired) electrons. The number of ketones is 1. The normalized spacial score (nSPS) is 10.2. The highest BCUT2D eigenvalue weighted by Gasteiger charge is 2.09. The molecule has 1 aromatic carbocycles. The molecular formula is C18H18FNO4. The van der Waals surface area contributed by atoms with Crippen LogP contribution in [0.2, 0.25) is 0 Å². The minimum atomic E-state index is -0.900. The quantitative estimate of drug-likeness (QED) is 0.695. The molecule has 1 heterocycles. The summed E-state index contributed by atoms with van der Waals surface area (Å²) in [6.45, 7) is 1.91. The van der Waals surface area contributed by atoms with Gasteiger partial charge in [-0.25, -0.2) is 4.79 Å². The first-order chi connectivity index (χ1) is 11.6. The van der Waals surface area contributed by atoms with Gasteiger partial charge in [0.25, 0.3) is 0 Å². The maximum atomic E-state index is 12.0. The van der Waals surface area contributed by atoms with Gasteiger partial charge in [-0.15, -0.1) is 0 Å². The van der Waals surface area contributed by atoms with Crippen molar-refractivity contribution in [2.45, 2.75) is 26.2 Å². The van der Waals surface area contributed by atoms with Crippen LogP contribution in [0.15, 0.2) is 42.6 Å². The average Bonchev–Trinajstić information content (AvgIpc) is 2.65. The van der Waals surface area contributed by atoms with Crippen molar-refractivity contribution in [1.82, 2.24) is 4.98 Å². The molecule has 126 valence electrons. The molecule has 0 unspecified atom stereocenters. The number of carbonyl (C=O) groups is 2. The molecule has 0 saturated carbocycles. The number of benzene rings is 1. The van der Waals surface area contributed by atoms with Gasteiger partial charge in [-0.2, -0.15) is 0 Å². The third-order valence-electron chi connectivity index (χ3n) is 3.52. The highest BCUT2D eigenvalue weighted by atomic mass is 19.3. The van der Waals surface area contributed by atoms with Crippen molar-refractivity contribution in [1.29, 1.82) is 0 Å². The van der Waals surface area contributed by atoms with Gasteiger partial charge >= 0.3 is 5.97 Å². The van der Waals surface area contributed by atoms with E-state index in [4.69, 9.17) is 4.74 Å². The van der Waals surface area contributed by atoms with Crippen LogP contribution in [0.25, 0.3) is 0 Å². The number of carbonyl (C=O) groups excluding carboxylic acids is 2. The maximum Gasteiger partial charge on any atom is 0.349 e. The average molecular weight is 331 g/mol. The van der Waals surface area contributed by atoms with Crippen LogP contribution in [0, 0.1) is 0 Å². The van der Waals surface area contributed by atoms with Crippen molar-refractivity contribution in [3.8, 4) is 5.75 Å². The molecule has 2 rings (SSSR count). The number of aryl methyl sites for hydroxylation is 2.